The minimum absolute atomic E-state index is 0.0365. The second kappa shape index (κ2) is 7.45. The molecule has 0 bridgehead atoms. The van der Waals surface area contributed by atoms with Gasteiger partial charge in [0.2, 0.25) is 11.8 Å². The first-order chi connectivity index (χ1) is 13.2. The van der Waals surface area contributed by atoms with Crippen LogP contribution in [-0.2, 0) is 0 Å². The number of aromatic nitrogens is 4. The highest BCUT2D eigenvalue weighted by Gasteiger charge is 2.26. The highest BCUT2D eigenvalue weighted by molar-refractivity contribution is 5.94. The lowest BCUT2D eigenvalue weighted by Gasteiger charge is -2.17. The zero-order chi connectivity index (χ0) is 18.6. The number of amides is 1. The molecule has 1 atom stereocenters. The van der Waals surface area contributed by atoms with Crippen LogP contribution in [0, 0.1) is 0 Å². The highest BCUT2D eigenvalue weighted by Crippen LogP contribution is 2.20. The number of nitrogens with one attached hydrogen (secondary N) is 2. The summed E-state index contributed by atoms with van der Waals surface area (Å²) in [5, 5.41) is 3.06. The van der Waals surface area contributed by atoms with Crippen LogP contribution in [0.3, 0.4) is 0 Å². The predicted molar refractivity (Wildman–Crippen MR) is 101 cm³/mol. The van der Waals surface area contributed by atoms with Crippen molar-refractivity contribution < 1.29 is 9.53 Å². The third-order valence-corrected chi connectivity index (χ3v) is 4.53. The molecule has 138 valence electrons. The number of nitrogens with zero attached hydrogens (tertiary/aromatic N) is 4. The van der Waals surface area contributed by atoms with Crippen molar-refractivity contribution in [2.75, 3.05) is 25.1 Å². The van der Waals surface area contributed by atoms with Crippen LogP contribution in [0.1, 0.15) is 16.8 Å². The van der Waals surface area contributed by atoms with Crippen LogP contribution in [0.5, 0.6) is 5.88 Å². The van der Waals surface area contributed by atoms with Gasteiger partial charge in [0.15, 0.2) is 0 Å². The Morgan fingerprint density at radius 3 is 3.00 bits per heavy atom. The molecule has 1 saturated heterocycles. The number of ether oxygens (including phenoxy) is 1. The Labute approximate surface area is 156 Å². The van der Waals surface area contributed by atoms with Gasteiger partial charge < -0.3 is 19.9 Å². The number of carbonyl (C=O) groups is 1. The van der Waals surface area contributed by atoms with Crippen molar-refractivity contribution in [2.45, 2.75) is 12.5 Å². The quantitative estimate of drug-likeness (QED) is 0.718. The van der Waals surface area contributed by atoms with Crippen molar-refractivity contribution >= 4 is 11.9 Å². The van der Waals surface area contributed by atoms with Gasteiger partial charge in [-0.25, -0.2) is 15.0 Å². The molecule has 27 heavy (non-hydrogen) atoms. The zero-order valence-corrected chi connectivity index (χ0v) is 14.9. The molecule has 3 aromatic rings. The molecule has 1 unspecified atom stereocenters. The van der Waals surface area contributed by atoms with Crippen LogP contribution >= 0.6 is 0 Å². The maximum atomic E-state index is 12.5. The SMILES string of the molecule is COc1cc(C(=O)NC2CCN(c3nccc(-c4ccc[nH]4)n3)C2)ccn1. The normalized spacial score (nSPS) is 16.3. The van der Waals surface area contributed by atoms with Crippen molar-refractivity contribution in [3.63, 3.8) is 0 Å². The van der Waals surface area contributed by atoms with E-state index in [2.05, 4.69) is 30.2 Å². The minimum atomic E-state index is -0.136. The van der Waals surface area contributed by atoms with E-state index in [-0.39, 0.29) is 11.9 Å². The molecule has 8 heteroatoms. The molecular weight excluding hydrogens is 344 g/mol. The van der Waals surface area contributed by atoms with Crippen molar-refractivity contribution in [2.24, 2.45) is 0 Å². The Balaban J connectivity index is 1.41. The molecule has 0 aliphatic carbocycles. The van der Waals surface area contributed by atoms with E-state index in [4.69, 9.17) is 4.74 Å². The Kier molecular flexibility index (Phi) is 4.69. The fraction of sp³-hybridized carbons (Fsp3) is 0.263. The van der Waals surface area contributed by atoms with Gasteiger partial charge in [-0.2, -0.15) is 0 Å². The van der Waals surface area contributed by atoms with Gasteiger partial charge >= 0.3 is 0 Å². The third kappa shape index (κ3) is 3.74. The zero-order valence-electron chi connectivity index (χ0n) is 14.9. The molecule has 0 spiro atoms. The van der Waals surface area contributed by atoms with Crippen LogP contribution in [0.15, 0.2) is 48.9 Å². The number of H-pyrrole nitrogens is 1. The van der Waals surface area contributed by atoms with Gasteiger partial charge in [-0.3, -0.25) is 4.79 Å². The van der Waals surface area contributed by atoms with E-state index in [0.29, 0.717) is 23.9 Å². The van der Waals surface area contributed by atoms with Gasteiger partial charge in [-0.15, -0.1) is 0 Å². The van der Waals surface area contributed by atoms with Crippen LogP contribution in [-0.4, -0.2) is 52.1 Å². The lowest BCUT2D eigenvalue weighted by atomic mass is 10.2. The molecule has 8 nitrogen and oxygen atoms in total. The van der Waals surface area contributed by atoms with Crippen molar-refractivity contribution in [1.29, 1.82) is 0 Å². The summed E-state index contributed by atoms with van der Waals surface area (Å²) in [7, 11) is 1.53. The minimum Gasteiger partial charge on any atom is -0.481 e. The van der Waals surface area contributed by atoms with Crippen LogP contribution in [0.25, 0.3) is 11.4 Å². The number of aromatic amines is 1. The fourth-order valence-electron chi connectivity index (χ4n) is 3.13. The summed E-state index contributed by atoms with van der Waals surface area (Å²) in [6.45, 7) is 1.46. The van der Waals surface area contributed by atoms with Gasteiger partial charge in [-0.1, -0.05) is 0 Å². The first-order valence-electron chi connectivity index (χ1n) is 8.75. The number of carbonyl (C=O) groups excluding carboxylic acids is 1. The van der Waals surface area contributed by atoms with E-state index in [1.54, 1.807) is 24.5 Å². The number of hydrogen-bond donors (Lipinski definition) is 2. The summed E-state index contributed by atoms with van der Waals surface area (Å²) in [5.41, 5.74) is 2.33. The average molecular weight is 364 g/mol. The van der Waals surface area contributed by atoms with Crippen molar-refractivity contribution in [3.8, 4) is 17.3 Å². The number of rotatable bonds is 5. The lowest BCUT2D eigenvalue weighted by Crippen LogP contribution is -2.37. The maximum Gasteiger partial charge on any atom is 0.251 e. The summed E-state index contributed by atoms with van der Waals surface area (Å²) < 4.78 is 5.07. The lowest BCUT2D eigenvalue weighted by molar-refractivity contribution is 0.0940. The van der Waals surface area contributed by atoms with Crippen molar-refractivity contribution in [3.05, 3.63) is 54.5 Å². The number of hydrogen-bond acceptors (Lipinski definition) is 6. The molecule has 4 rings (SSSR count). The van der Waals surface area contributed by atoms with Crippen LogP contribution in [0.2, 0.25) is 0 Å². The average Bonchev–Trinajstić information content (AvgIpc) is 3.40. The number of pyridine rings is 1. The molecule has 1 fully saturated rings. The van der Waals surface area contributed by atoms with Gasteiger partial charge in [0, 0.05) is 49.4 Å². The largest absolute Gasteiger partial charge is 0.481 e. The molecule has 1 aliphatic rings. The molecule has 0 radical (unpaired) electrons. The van der Waals surface area contributed by atoms with E-state index in [1.165, 1.54) is 7.11 Å². The molecule has 3 aromatic heterocycles. The summed E-state index contributed by atoms with van der Waals surface area (Å²) >= 11 is 0. The topological polar surface area (TPSA) is 96.0 Å². The smallest absolute Gasteiger partial charge is 0.251 e. The fourth-order valence-corrected chi connectivity index (χ4v) is 3.13. The summed E-state index contributed by atoms with van der Waals surface area (Å²) in [6.07, 6.45) is 6.03. The van der Waals surface area contributed by atoms with E-state index in [9.17, 15) is 4.79 Å². The summed E-state index contributed by atoms with van der Waals surface area (Å²) in [4.78, 5) is 30.8. The maximum absolute atomic E-state index is 12.5. The standard InChI is InChI=1S/C19H20N6O2/c1-27-17-11-13(4-8-21-17)18(26)23-14-6-10-25(12-14)19-22-9-5-16(24-19)15-3-2-7-20-15/h2-5,7-9,11,14,20H,6,10,12H2,1H3,(H,23,26). The Bertz CT molecular complexity index is 927. The van der Waals surface area contributed by atoms with Gasteiger partial charge in [0.25, 0.3) is 5.91 Å². The second-order valence-electron chi connectivity index (χ2n) is 6.32. The molecule has 1 aliphatic heterocycles. The number of anilines is 1. The molecule has 0 aromatic carbocycles. The first kappa shape index (κ1) is 17.0. The number of methoxy groups -OCH3 is 1. The Hall–Kier alpha value is -3.42. The van der Waals surface area contributed by atoms with Gasteiger partial charge in [-0.05, 0) is 30.7 Å². The molecule has 2 N–H and O–H groups in total. The molecular formula is C19H20N6O2. The highest BCUT2D eigenvalue weighted by atomic mass is 16.5. The van der Waals surface area contributed by atoms with E-state index < -0.39 is 0 Å². The van der Waals surface area contributed by atoms with E-state index in [0.717, 1.165) is 24.4 Å². The van der Waals surface area contributed by atoms with Crippen molar-refractivity contribution in [1.82, 2.24) is 25.3 Å². The van der Waals surface area contributed by atoms with Crippen LogP contribution in [0.4, 0.5) is 5.95 Å². The summed E-state index contributed by atoms with van der Waals surface area (Å²) in [5.74, 6) is 0.957. The van der Waals surface area contributed by atoms with E-state index in [1.807, 2.05) is 24.4 Å². The Morgan fingerprint density at radius 1 is 1.30 bits per heavy atom. The second-order valence-corrected chi connectivity index (χ2v) is 6.32. The van der Waals surface area contributed by atoms with E-state index >= 15 is 0 Å². The molecule has 4 heterocycles. The van der Waals surface area contributed by atoms with Gasteiger partial charge in [0.05, 0.1) is 18.5 Å². The monoisotopic (exact) mass is 364 g/mol. The van der Waals surface area contributed by atoms with Gasteiger partial charge in [0.1, 0.15) is 0 Å². The molecule has 1 amide bonds. The first-order valence-corrected chi connectivity index (χ1v) is 8.75. The summed E-state index contributed by atoms with van der Waals surface area (Å²) in [6, 6.07) is 9.13. The Morgan fingerprint density at radius 2 is 2.19 bits per heavy atom. The van der Waals surface area contributed by atoms with Crippen LogP contribution < -0.4 is 15.0 Å². The molecule has 0 saturated carbocycles. The third-order valence-electron chi connectivity index (χ3n) is 4.53. The predicted octanol–water partition coefficient (Wildman–Crippen LogP) is 1.88.